The van der Waals surface area contributed by atoms with Crippen LogP contribution in [0, 0.1) is 5.41 Å². The molecule has 86 valence electrons. The van der Waals surface area contributed by atoms with E-state index in [2.05, 4.69) is 6.58 Å². The Morgan fingerprint density at radius 3 is 2.31 bits per heavy atom. The Kier molecular flexibility index (Phi) is 4.00. The fraction of sp³-hybridized carbons (Fsp3) is 0.100. The first-order valence-corrected chi connectivity index (χ1v) is 4.90. The van der Waals surface area contributed by atoms with Crippen LogP contribution in [-0.4, -0.2) is 5.90 Å². The number of halogens is 3. The predicted octanol–water partition coefficient (Wildman–Crippen LogP) is 3.89. The van der Waals surface area contributed by atoms with Crippen molar-refractivity contribution in [3.8, 4) is 0 Å². The fourth-order valence-electron chi connectivity index (χ4n) is 0.826. The third-order valence-corrected chi connectivity index (χ3v) is 2.32. The summed E-state index contributed by atoms with van der Waals surface area (Å²) in [5, 5.41) is 7.09. The molecule has 0 fully saturated rings. The molecule has 6 heteroatoms. The third-order valence-electron chi connectivity index (χ3n) is 1.59. The molecule has 0 unspecified atom stereocenters. The number of nitrogens with one attached hydrogen (secondary N) is 1. The normalized spacial score (nSPS) is 10.9. The van der Waals surface area contributed by atoms with E-state index in [1.54, 1.807) is 0 Å². The molecule has 0 aliphatic heterocycles. The molecule has 0 amide bonds. The lowest BCUT2D eigenvalue weighted by Gasteiger charge is -2.07. The van der Waals surface area contributed by atoms with Gasteiger partial charge in [0.2, 0.25) is 5.90 Å². The average Bonchev–Trinajstić information content (AvgIpc) is 2.25. The molecule has 0 atom stereocenters. The third kappa shape index (κ3) is 3.62. The summed E-state index contributed by atoms with van der Waals surface area (Å²) in [5.41, 5.74) is -0.712. The van der Waals surface area contributed by atoms with Crippen LogP contribution in [0.4, 0.5) is 13.2 Å². The molecule has 0 spiro atoms. The molecule has 1 N–H and O–H groups in total. The van der Waals surface area contributed by atoms with Crippen LogP contribution in [0.15, 0.2) is 41.8 Å². The van der Waals surface area contributed by atoms with E-state index in [-0.39, 0.29) is 5.90 Å². The van der Waals surface area contributed by atoms with Gasteiger partial charge in [0.1, 0.15) is 0 Å². The molecule has 0 aliphatic carbocycles. The minimum atomic E-state index is -4.34. The van der Waals surface area contributed by atoms with Gasteiger partial charge in [-0.25, -0.2) is 0 Å². The standard InChI is InChI=1S/C10H8F3NOS/c1-2-9(14)15-16-8-5-3-7(4-6-8)10(11,12)13/h2-6,14H,1H2. The zero-order chi connectivity index (χ0) is 12.2. The number of hydrogen-bond acceptors (Lipinski definition) is 3. The molecule has 0 bridgehead atoms. The molecule has 1 aromatic rings. The topological polar surface area (TPSA) is 33.1 Å². The van der Waals surface area contributed by atoms with Crippen molar-refractivity contribution >= 4 is 17.9 Å². The predicted molar refractivity (Wildman–Crippen MR) is 56.3 cm³/mol. The second kappa shape index (κ2) is 5.07. The lowest BCUT2D eigenvalue weighted by atomic mass is 10.2. The zero-order valence-electron chi connectivity index (χ0n) is 8.04. The average molecular weight is 247 g/mol. The minimum Gasteiger partial charge on any atom is -0.401 e. The Morgan fingerprint density at radius 1 is 1.31 bits per heavy atom. The molecule has 0 saturated heterocycles. The van der Waals surface area contributed by atoms with Gasteiger partial charge in [-0.1, -0.05) is 6.58 Å². The molecule has 0 saturated carbocycles. The van der Waals surface area contributed by atoms with Gasteiger partial charge < -0.3 is 4.18 Å². The van der Waals surface area contributed by atoms with Crippen LogP contribution in [0.25, 0.3) is 0 Å². The van der Waals surface area contributed by atoms with E-state index < -0.39 is 11.7 Å². The van der Waals surface area contributed by atoms with Gasteiger partial charge in [-0.05, 0) is 30.3 Å². The quantitative estimate of drug-likeness (QED) is 0.499. The van der Waals surface area contributed by atoms with Crippen molar-refractivity contribution in [2.45, 2.75) is 11.1 Å². The number of hydrogen-bond donors (Lipinski definition) is 1. The monoisotopic (exact) mass is 247 g/mol. The van der Waals surface area contributed by atoms with Crippen molar-refractivity contribution in [2.75, 3.05) is 0 Å². The Hall–Kier alpha value is -1.43. The van der Waals surface area contributed by atoms with Gasteiger partial charge in [0.05, 0.1) is 17.6 Å². The summed E-state index contributed by atoms with van der Waals surface area (Å²) in [5.74, 6) is -0.148. The highest BCUT2D eigenvalue weighted by molar-refractivity contribution is 7.95. The minimum absolute atomic E-state index is 0.148. The van der Waals surface area contributed by atoms with Crippen LogP contribution in [-0.2, 0) is 10.4 Å². The molecular weight excluding hydrogens is 239 g/mol. The van der Waals surface area contributed by atoms with Crippen LogP contribution >= 0.6 is 12.0 Å². The van der Waals surface area contributed by atoms with Crippen LogP contribution in [0.3, 0.4) is 0 Å². The molecule has 0 aromatic heterocycles. The van der Waals surface area contributed by atoms with Gasteiger partial charge in [0.25, 0.3) is 0 Å². The summed E-state index contributed by atoms with van der Waals surface area (Å²) in [6.07, 6.45) is -3.14. The number of alkyl halides is 3. The van der Waals surface area contributed by atoms with Gasteiger partial charge >= 0.3 is 6.18 Å². The van der Waals surface area contributed by atoms with Crippen molar-refractivity contribution in [3.63, 3.8) is 0 Å². The molecule has 0 aliphatic rings. The number of benzene rings is 1. The van der Waals surface area contributed by atoms with Crippen LogP contribution < -0.4 is 0 Å². The Bertz CT molecular complexity index is 386. The first-order chi connectivity index (χ1) is 7.43. The maximum atomic E-state index is 12.2. The number of rotatable bonds is 3. The lowest BCUT2D eigenvalue weighted by molar-refractivity contribution is -0.137. The highest BCUT2D eigenvalue weighted by atomic mass is 32.2. The van der Waals surface area contributed by atoms with Crippen molar-refractivity contribution in [1.82, 2.24) is 0 Å². The second-order valence-electron chi connectivity index (χ2n) is 2.76. The summed E-state index contributed by atoms with van der Waals surface area (Å²) < 4.78 is 41.4. The first kappa shape index (κ1) is 12.6. The zero-order valence-corrected chi connectivity index (χ0v) is 8.86. The summed E-state index contributed by atoms with van der Waals surface area (Å²) in [4.78, 5) is 0.486. The highest BCUT2D eigenvalue weighted by Gasteiger charge is 2.29. The van der Waals surface area contributed by atoms with E-state index >= 15 is 0 Å². The maximum Gasteiger partial charge on any atom is 0.416 e. The fourth-order valence-corrected chi connectivity index (χ4v) is 1.33. The molecule has 16 heavy (non-hydrogen) atoms. The maximum absolute atomic E-state index is 12.2. The van der Waals surface area contributed by atoms with E-state index in [0.29, 0.717) is 4.90 Å². The van der Waals surface area contributed by atoms with Gasteiger partial charge in [-0.2, -0.15) is 13.2 Å². The van der Waals surface area contributed by atoms with Gasteiger partial charge in [0.15, 0.2) is 0 Å². The summed E-state index contributed by atoms with van der Waals surface area (Å²) in [6.45, 7) is 3.31. The van der Waals surface area contributed by atoms with Crippen molar-refractivity contribution in [2.24, 2.45) is 0 Å². The molecule has 0 radical (unpaired) electrons. The molecule has 1 rings (SSSR count). The summed E-state index contributed by atoms with van der Waals surface area (Å²) in [6, 6.07) is 4.49. The Morgan fingerprint density at radius 2 is 1.88 bits per heavy atom. The lowest BCUT2D eigenvalue weighted by Crippen LogP contribution is -2.03. The Balaban J connectivity index is 2.65. The summed E-state index contributed by atoms with van der Waals surface area (Å²) in [7, 11) is 0. The van der Waals surface area contributed by atoms with E-state index in [1.165, 1.54) is 18.2 Å². The Labute approximate surface area is 94.8 Å². The van der Waals surface area contributed by atoms with E-state index in [9.17, 15) is 13.2 Å². The SMILES string of the molecule is C=CC(=N)OSc1ccc(C(F)(F)F)cc1. The van der Waals surface area contributed by atoms with Crippen LogP contribution in [0.1, 0.15) is 5.56 Å². The van der Waals surface area contributed by atoms with E-state index in [4.69, 9.17) is 9.59 Å². The molecule has 0 heterocycles. The molecule has 1 aromatic carbocycles. The smallest absolute Gasteiger partial charge is 0.401 e. The van der Waals surface area contributed by atoms with Crippen molar-refractivity contribution in [1.29, 1.82) is 5.41 Å². The van der Waals surface area contributed by atoms with Gasteiger partial charge in [-0.15, -0.1) is 0 Å². The van der Waals surface area contributed by atoms with Crippen molar-refractivity contribution < 1.29 is 17.4 Å². The largest absolute Gasteiger partial charge is 0.416 e. The van der Waals surface area contributed by atoms with Crippen LogP contribution in [0.2, 0.25) is 0 Å². The highest BCUT2D eigenvalue weighted by Crippen LogP contribution is 2.30. The summed E-state index contributed by atoms with van der Waals surface area (Å²) >= 11 is 0.809. The van der Waals surface area contributed by atoms with E-state index in [0.717, 1.165) is 24.2 Å². The molecular formula is C10H8F3NOS. The molecule has 2 nitrogen and oxygen atoms in total. The van der Waals surface area contributed by atoms with Crippen molar-refractivity contribution in [3.05, 3.63) is 42.5 Å². The van der Waals surface area contributed by atoms with E-state index in [1.807, 2.05) is 0 Å². The first-order valence-electron chi connectivity index (χ1n) is 4.16. The second-order valence-corrected chi connectivity index (χ2v) is 3.56. The van der Waals surface area contributed by atoms with Crippen LogP contribution in [0.5, 0.6) is 0 Å². The van der Waals surface area contributed by atoms with Gasteiger partial charge in [0, 0.05) is 4.90 Å². The van der Waals surface area contributed by atoms with Gasteiger partial charge in [-0.3, -0.25) is 5.41 Å².